The van der Waals surface area contributed by atoms with Gasteiger partial charge in [-0.15, -0.1) is 0 Å². The lowest BCUT2D eigenvalue weighted by molar-refractivity contribution is -0.120. The van der Waals surface area contributed by atoms with E-state index in [0.29, 0.717) is 5.75 Å². The van der Waals surface area contributed by atoms with Crippen molar-refractivity contribution in [1.29, 1.82) is 0 Å². The SMILES string of the molecule is C[C@@H](CSCC(N)=O)C(N)=O. The monoisotopic (exact) mass is 176 g/mol. The second-order valence-corrected chi connectivity index (χ2v) is 3.32. The number of carbonyl (C=O) groups is 2. The Morgan fingerprint density at radius 1 is 1.45 bits per heavy atom. The summed E-state index contributed by atoms with van der Waals surface area (Å²) in [5, 5.41) is 0. The number of hydrogen-bond donors (Lipinski definition) is 2. The molecule has 0 fully saturated rings. The lowest BCUT2D eigenvalue weighted by Gasteiger charge is -2.03. The molecule has 0 aliphatic heterocycles. The van der Waals surface area contributed by atoms with Crippen LogP contribution >= 0.6 is 11.8 Å². The molecule has 4 N–H and O–H groups in total. The predicted octanol–water partition coefficient (Wildman–Crippen LogP) is -0.674. The van der Waals surface area contributed by atoms with Crippen LogP contribution in [0.1, 0.15) is 6.92 Å². The van der Waals surface area contributed by atoms with Gasteiger partial charge in [-0.1, -0.05) is 6.92 Å². The van der Waals surface area contributed by atoms with Crippen LogP contribution < -0.4 is 11.5 Å². The van der Waals surface area contributed by atoms with Crippen LogP contribution in [-0.2, 0) is 9.59 Å². The topological polar surface area (TPSA) is 86.2 Å². The fraction of sp³-hybridized carbons (Fsp3) is 0.667. The largest absolute Gasteiger partial charge is 0.369 e. The van der Waals surface area contributed by atoms with E-state index < -0.39 is 0 Å². The van der Waals surface area contributed by atoms with Gasteiger partial charge in [0.05, 0.1) is 5.75 Å². The van der Waals surface area contributed by atoms with Crippen molar-refractivity contribution in [3.63, 3.8) is 0 Å². The van der Waals surface area contributed by atoms with Gasteiger partial charge in [0, 0.05) is 11.7 Å². The highest BCUT2D eigenvalue weighted by atomic mass is 32.2. The molecule has 64 valence electrons. The van der Waals surface area contributed by atoms with E-state index in [4.69, 9.17) is 11.5 Å². The molecule has 0 spiro atoms. The number of thioether (sulfide) groups is 1. The molecule has 0 radical (unpaired) electrons. The van der Waals surface area contributed by atoms with Crippen molar-refractivity contribution in [3.05, 3.63) is 0 Å². The zero-order valence-electron chi connectivity index (χ0n) is 6.37. The summed E-state index contributed by atoms with van der Waals surface area (Å²) in [6.45, 7) is 1.72. The van der Waals surface area contributed by atoms with Crippen LogP contribution in [0.25, 0.3) is 0 Å². The zero-order chi connectivity index (χ0) is 8.85. The zero-order valence-corrected chi connectivity index (χ0v) is 7.19. The number of nitrogens with two attached hydrogens (primary N) is 2. The van der Waals surface area contributed by atoms with Crippen LogP contribution in [0.4, 0.5) is 0 Å². The first-order chi connectivity index (χ1) is 5.04. The first-order valence-electron chi connectivity index (χ1n) is 3.19. The molecule has 0 saturated heterocycles. The highest BCUT2D eigenvalue weighted by Gasteiger charge is 2.08. The van der Waals surface area contributed by atoms with Gasteiger partial charge in [0.2, 0.25) is 11.8 Å². The molecule has 0 aliphatic carbocycles. The molecule has 0 aromatic rings. The van der Waals surface area contributed by atoms with Crippen LogP contribution in [0, 0.1) is 5.92 Å². The third kappa shape index (κ3) is 5.72. The van der Waals surface area contributed by atoms with Crippen molar-refractivity contribution in [2.75, 3.05) is 11.5 Å². The Hall–Kier alpha value is -0.710. The molecule has 2 amide bonds. The van der Waals surface area contributed by atoms with Gasteiger partial charge in [0.15, 0.2) is 0 Å². The van der Waals surface area contributed by atoms with Crippen molar-refractivity contribution in [2.24, 2.45) is 17.4 Å². The second kappa shape index (κ2) is 5.01. The number of primary amides is 2. The summed E-state index contributed by atoms with van der Waals surface area (Å²) in [4.78, 5) is 20.7. The highest BCUT2D eigenvalue weighted by Crippen LogP contribution is 2.06. The normalized spacial score (nSPS) is 12.5. The van der Waals surface area contributed by atoms with E-state index in [1.165, 1.54) is 11.8 Å². The Kier molecular flexibility index (Phi) is 4.69. The van der Waals surface area contributed by atoms with E-state index in [-0.39, 0.29) is 23.5 Å². The average molecular weight is 176 g/mol. The van der Waals surface area contributed by atoms with Gasteiger partial charge in [-0.2, -0.15) is 11.8 Å². The summed E-state index contributed by atoms with van der Waals surface area (Å²) in [7, 11) is 0. The molecule has 0 saturated carbocycles. The summed E-state index contributed by atoms with van der Waals surface area (Å²) in [5.74, 6) is -0.108. The van der Waals surface area contributed by atoms with Crippen LogP contribution in [0.3, 0.4) is 0 Å². The highest BCUT2D eigenvalue weighted by molar-refractivity contribution is 7.99. The Morgan fingerprint density at radius 3 is 2.36 bits per heavy atom. The molecule has 11 heavy (non-hydrogen) atoms. The lowest BCUT2D eigenvalue weighted by atomic mass is 10.2. The molecule has 4 nitrogen and oxygen atoms in total. The van der Waals surface area contributed by atoms with E-state index in [9.17, 15) is 9.59 Å². The maximum absolute atomic E-state index is 10.5. The molecule has 0 unspecified atom stereocenters. The van der Waals surface area contributed by atoms with Crippen molar-refractivity contribution >= 4 is 23.6 Å². The van der Waals surface area contributed by atoms with Crippen LogP contribution in [0.15, 0.2) is 0 Å². The predicted molar refractivity (Wildman–Crippen MR) is 44.9 cm³/mol. The first-order valence-corrected chi connectivity index (χ1v) is 4.35. The molecule has 0 heterocycles. The fourth-order valence-corrected chi connectivity index (χ4v) is 1.26. The molecule has 0 bridgehead atoms. The summed E-state index contributed by atoms with van der Waals surface area (Å²) in [5.41, 5.74) is 9.86. The molecule has 0 rings (SSSR count). The molecule has 5 heteroatoms. The quantitative estimate of drug-likeness (QED) is 0.582. The second-order valence-electron chi connectivity index (χ2n) is 2.28. The van der Waals surface area contributed by atoms with Crippen molar-refractivity contribution in [2.45, 2.75) is 6.92 Å². The minimum atomic E-state index is -0.369. The summed E-state index contributed by atoms with van der Waals surface area (Å²) >= 11 is 1.32. The average Bonchev–Trinajstić information content (AvgIpc) is 1.86. The van der Waals surface area contributed by atoms with Gasteiger partial charge in [0.1, 0.15) is 0 Å². The summed E-state index contributed by atoms with van der Waals surface area (Å²) < 4.78 is 0. The van der Waals surface area contributed by atoms with E-state index >= 15 is 0 Å². The van der Waals surface area contributed by atoms with Crippen molar-refractivity contribution in [3.8, 4) is 0 Å². The lowest BCUT2D eigenvalue weighted by Crippen LogP contribution is -2.23. The van der Waals surface area contributed by atoms with Gasteiger partial charge in [0.25, 0.3) is 0 Å². The molecular weight excluding hydrogens is 164 g/mol. The van der Waals surface area contributed by atoms with Gasteiger partial charge in [-0.3, -0.25) is 9.59 Å². The molecular formula is C6H12N2O2S. The maximum Gasteiger partial charge on any atom is 0.227 e. The van der Waals surface area contributed by atoms with Gasteiger partial charge in [-0.25, -0.2) is 0 Å². The third-order valence-corrected chi connectivity index (χ3v) is 2.32. The van der Waals surface area contributed by atoms with Crippen molar-refractivity contribution in [1.82, 2.24) is 0 Å². The molecule has 0 aromatic heterocycles. The number of carbonyl (C=O) groups excluding carboxylic acids is 2. The molecule has 0 aliphatic rings. The Morgan fingerprint density at radius 2 is 2.00 bits per heavy atom. The Labute approximate surface area is 69.7 Å². The van der Waals surface area contributed by atoms with Crippen LogP contribution in [0.2, 0.25) is 0 Å². The smallest absolute Gasteiger partial charge is 0.227 e. The van der Waals surface area contributed by atoms with E-state index in [1.807, 2.05) is 0 Å². The van der Waals surface area contributed by atoms with E-state index in [1.54, 1.807) is 6.92 Å². The standard InChI is InChI=1S/C6H12N2O2S/c1-4(6(8)10)2-11-3-5(7)9/h4H,2-3H2,1H3,(H2,7,9)(H2,8,10)/t4-/m0/s1. The van der Waals surface area contributed by atoms with Gasteiger partial charge in [-0.05, 0) is 0 Å². The number of hydrogen-bond acceptors (Lipinski definition) is 3. The van der Waals surface area contributed by atoms with Crippen LogP contribution in [0.5, 0.6) is 0 Å². The summed E-state index contributed by atoms with van der Waals surface area (Å²) in [6, 6.07) is 0. The summed E-state index contributed by atoms with van der Waals surface area (Å²) in [6.07, 6.45) is 0. The van der Waals surface area contributed by atoms with E-state index in [2.05, 4.69) is 0 Å². The van der Waals surface area contributed by atoms with Gasteiger partial charge >= 0.3 is 0 Å². The first kappa shape index (κ1) is 10.3. The third-order valence-electron chi connectivity index (χ3n) is 1.10. The van der Waals surface area contributed by atoms with E-state index in [0.717, 1.165) is 0 Å². The molecule has 0 aromatic carbocycles. The number of rotatable bonds is 5. The Balaban J connectivity index is 3.39. The van der Waals surface area contributed by atoms with Crippen molar-refractivity contribution < 1.29 is 9.59 Å². The fourth-order valence-electron chi connectivity index (χ4n) is 0.418. The van der Waals surface area contributed by atoms with Gasteiger partial charge < -0.3 is 11.5 Å². The van der Waals surface area contributed by atoms with Crippen LogP contribution in [-0.4, -0.2) is 23.3 Å². The molecule has 1 atom stereocenters. The maximum atomic E-state index is 10.5. The minimum absolute atomic E-state index is 0.195. The minimum Gasteiger partial charge on any atom is -0.369 e. The Bertz CT molecular complexity index is 161. The number of amides is 2.